The zero-order valence-corrected chi connectivity index (χ0v) is 12.5. The van der Waals surface area contributed by atoms with Crippen molar-refractivity contribution in [2.24, 2.45) is 0 Å². The second-order valence-corrected chi connectivity index (χ2v) is 5.21. The largest absolute Gasteiger partial charge is 0.368 e. The van der Waals surface area contributed by atoms with Crippen molar-refractivity contribution in [3.63, 3.8) is 0 Å². The molecular weight excluding hydrogens is 272 g/mol. The average molecular weight is 290 g/mol. The molecule has 3 N–H and O–H groups in total. The first kappa shape index (κ1) is 14.1. The van der Waals surface area contributed by atoms with Gasteiger partial charge in [0.25, 0.3) is 0 Å². The number of aromatic nitrogens is 2. The van der Waals surface area contributed by atoms with Gasteiger partial charge in [-0.25, -0.2) is 4.98 Å². The van der Waals surface area contributed by atoms with E-state index in [-0.39, 0.29) is 5.95 Å². The van der Waals surface area contributed by atoms with E-state index in [1.807, 2.05) is 42.5 Å². The Labute approximate surface area is 130 Å². The summed E-state index contributed by atoms with van der Waals surface area (Å²) >= 11 is 0. The lowest BCUT2D eigenvalue weighted by Gasteiger charge is -2.10. The van der Waals surface area contributed by atoms with Crippen LogP contribution in [0, 0.1) is 6.92 Å². The molecule has 110 valence electrons. The number of aryl methyl sites for hydroxylation is 1. The predicted octanol–water partition coefficient (Wildman–Crippen LogP) is 3.70. The third kappa shape index (κ3) is 3.41. The number of nitrogen functional groups attached to an aromatic ring is 1. The minimum Gasteiger partial charge on any atom is -0.368 e. The van der Waals surface area contributed by atoms with Crippen molar-refractivity contribution in [3.05, 3.63) is 77.5 Å². The highest BCUT2D eigenvalue weighted by Gasteiger charge is 2.05. The fourth-order valence-corrected chi connectivity index (χ4v) is 2.33. The highest BCUT2D eigenvalue weighted by Crippen LogP contribution is 2.20. The van der Waals surface area contributed by atoms with Gasteiger partial charge in [0.1, 0.15) is 5.82 Å². The fourth-order valence-electron chi connectivity index (χ4n) is 2.33. The number of hydrogen-bond donors (Lipinski definition) is 2. The molecule has 2 aromatic carbocycles. The summed E-state index contributed by atoms with van der Waals surface area (Å²) in [5.74, 6) is 0.997. The molecule has 0 saturated heterocycles. The SMILES string of the molecule is Cc1ccccc1Nc1cc(Cc2ccccc2)nc(N)n1. The van der Waals surface area contributed by atoms with Crippen molar-refractivity contribution in [1.29, 1.82) is 0 Å². The van der Waals surface area contributed by atoms with Crippen LogP contribution in [0.15, 0.2) is 60.7 Å². The molecule has 0 amide bonds. The van der Waals surface area contributed by atoms with Crippen LogP contribution >= 0.6 is 0 Å². The maximum Gasteiger partial charge on any atom is 0.222 e. The number of rotatable bonds is 4. The van der Waals surface area contributed by atoms with E-state index in [4.69, 9.17) is 5.73 Å². The number of para-hydroxylation sites is 1. The summed E-state index contributed by atoms with van der Waals surface area (Å²) in [5, 5.41) is 3.31. The van der Waals surface area contributed by atoms with Crippen molar-refractivity contribution >= 4 is 17.5 Å². The number of hydrogen-bond acceptors (Lipinski definition) is 4. The Morgan fingerprint density at radius 1 is 0.955 bits per heavy atom. The molecule has 0 unspecified atom stereocenters. The van der Waals surface area contributed by atoms with Gasteiger partial charge in [0.2, 0.25) is 5.95 Å². The van der Waals surface area contributed by atoms with Crippen LogP contribution < -0.4 is 11.1 Å². The van der Waals surface area contributed by atoms with Gasteiger partial charge < -0.3 is 11.1 Å². The summed E-state index contributed by atoms with van der Waals surface area (Å²) in [6.45, 7) is 2.05. The lowest BCUT2D eigenvalue weighted by atomic mass is 10.1. The number of nitrogens with one attached hydrogen (secondary N) is 1. The van der Waals surface area contributed by atoms with Crippen LogP contribution in [-0.4, -0.2) is 9.97 Å². The second-order valence-electron chi connectivity index (χ2n) is 5.21. The van der Waals surface area contributed by atoms with Crippen LogP contribution in [0.5, 0.6) is 0 Å². The van der Waals surface area contributed by atoms with E-state index in [2.05, 4.69) is 40.4 Å². The molecule has 0 aliphatic carbocycles. The van der Waals surface area contributed by atoms with Gasteiger partial charge in [-0.2, -0.15) is 4.98 Å². The molecule has 0 bridgehead atoms. The number of anilines is 3. The van der Waals surface area contributed by atoms with Crippen LogP contribution in [-0.2, 0) is 6.42 Å². The summed E-state index contributed by atoms with van der Waals surface area (Å²) in [4.78, 5) is 8.59. The molecule has 4 nitrogen and oxygen atoms in total. The van der Waals surface area contributed by atoms with Crippen molar-refractivity contribution in [3.8, 4) is 0 Å². The smallest absolute Gasteiger partial charge is 0.222 e. The second kappa shape index (κ2) is 6.26. The molecule has 3 rings (SSSR count). The molecule has 1 heterocycles. The quantitative estimate of drug-likeness (QED) is 0.769. The topological polar surface area (TPSA) is 63.8 Å². The molecule has 0 fully saturated rings. The van der Waals surface area contributed by atoms with Crippen molar-refractivity contribution in [1.82, 2.24) is 9.97 Å². The van der Waals surface area contributed by atoms with E-state index < -0.39 is 0 Å². The lowest BCUT2D eigenvalue weighted by molar-refractivity contribution is 1.04. The number of nitrogens with two attached hydrogens (primary N) is 1. The Bertz CT molecular complexity index is 769. The molecule has 0 atom stereocenters. The van der Waals surface area contributed by atoms with E-state index >= 15 is 0 Å². The standard InChI is InChI=1S/C18H18N4/c1-13-7-5-6-10-16(13)21-17-12-15(20-18(19)22-17)11-14-8-3-2-4-9-14/h2-10,12H,11H2,1H3,(H3,19,20,21,22). The minimum atomic E-state index is 0.282. The van der Waals surface area contributed by atoms with Gasteiger partial charge in [0.15, 0.2) is 0 Å². The Morgan fingerprint density at radius 3 is 2.45 bits per heavy atom. The summed E-state index contributed by atoms with van der Waals surface area (Å²) < 4.78 is 0. The van der Waals surface area contributed by atoms with Crippen LogP contribution in [0.25, 0.3) is 0 Å². The Kier molecular flexibility index (Phi) is 4.01. The molecule has 4 heteroatoms. The maximum atomic E-state index is 5.84. The molecule has 3 aromatic rings. The van der Waals surface area contributed by atoms with Crippen LogP contribution in [0.2, 0.25) is 0 Å². The van der Waals surface area contributed by atoms with Gasteiger partial charge in [-0.3, -0.25) is 0 Å². The number of benzene rings is 2. The van der Waals surface area contributed by atoms with Crippen molar-refractivity contribution < 1.29 is 0 Å². The first-order valence-electron chi connectivity index (χ1n) is 7.21. The molecule has 0 radical (unpaired) electrons. The fraction of sp³-hybridized carbons (Fsp3) is 0.111. The lowest BCUT2D eigenvalue weighted by Crippen LogP contribution is -2.04. The van der Waals surface area contributed by atoms with Crippen molar-refractivity contribution in [2.45, 2.75) is 13.3 Å². The first-order valence-corrected chi connectivity index (χ1v) is 7.21. The Morgan fingerprint density at radius 2 is 1.68 bits per heavy atom. The van der Waals surface area contributed by atoms with E-state index in [9.17, 15) is 0 Å². The minimum absolute atomic E-state index is 0.282. The maximum absolute atomic E-state index is 5.84. The predicted molar refractivity (Wildman–Crippen MR) is 90.2 cm³/mol. The van der Waals surface area contributed by atoms with Gasteiger partial charge in [0, 0.05) is 18.2 Å². The van der Waals surface area contributed by atoms with Gasteiger partial charge >= 0.3 is 0 Å². The normalized spacial score (nSPS) is 10.4. The Hall–Kier alpha value is -2.88. The summed E-state index contributed by atoms with van der Waals surface area (Å²) in [7, 11) is 0. The molecule has 0 aliphatic rings. The van der Waals surface area contributed by atoms with E-state index in [1.54, 1.807) is 0 Å². The molecule has 1 aromatic heterocycles. The van der Waals surface area contributed by atoms with Gasteiger partial charge in [-0.1, -0.05) is 48.5 Å². The molecule has 0 saturated carbocycles. The van der Waals surface area contributed by atoms with Crippen molar-refractivity contribution in [2.75, 3.05) is 11.1 Å². The van der Waals surface area contributed by atoms with Gasteiger partial charge in [-0.05, 0) is 24.1 Å². The van der Waals surface area contributed by atoms with Crippen LogP contribution in [0.4, 0.5) is 17.5 Å². The Balaban J connectivity index is 1.85. The third-order valence-electron chi connectivity index (χ3n) is 3.43. The number of nitrogens with zero attached hydrogens (tertiary/aromatic N) is 2. The monoisotopic (exact) mass is 290 g/mol. The molecule has 0 spiro atoms. The van der Waals surface area contributed by atoms with Gasteiger partial charge in [-0.15, -0.1) is 0 Å². The zero-order chi connectivity index (χ0) is 15.4. The van der Waals surface area contributed by atoms with E-state index in [0.29, 0.717) is 5.82 Å². The summed E-state index contributed by atoms with van der Waals surface area (Å²) in [5.41, 5.74) is 10.1. The first-order chi connectivity index (χ1) is 10.7. The van der Waals surface area contributed by atoms with E-state index in [1.165, 1.54) is 5.56 Å². The highest BCUT2D eigenvalue weighted by molar-refractivity contribution is 5.61. The average Bonchev–Trinajstić information content (AvgIpc) is 2.50. The van der Waals surface area contributed by atoms with Crippen LogP contribution in [0.3, 0.4) is 0 Å². The summed E-state index contributed by atoms with van der Waals surface area (Å²) in [6.07, 6.45) is 0.732. The van der Waals surface area contributed by atoms with Crippen LogP contribution in [0.1, 0.15) is 16.8 Å². The van der Waals surface area contributed by atoms with Gasteiger partial charge in [0.05, 0.1) is 5.69 Å². The highest BCUT2D eigenvalue weighted by atomic mass is 15.1. The third-order valence-corrected chi connectivity index (χ3v) is 3.43. The van der Waals surface area contributed by atoms with E-state index in [0.717, 1.165) is 23.4 Å². The zero-order valence-electron chi connectivity index (χ0n) is 12.5. The molecule has 22 heavy (non-hydrogen) atoms. The summed E-state index contributed by atoms with van der Waals surface area (Å²) in [6, 6.07) is 20.2. The molecule has 0 aliphatic heterocycles. The molecular formula is C18H18N4.